The lowest BCUT2D eigenvalue weighted by molar-refractivity contribution is 0.0741. The molecule has 9 heteroatoms. The normalized spacial score (nSPS) is 13.1. The van der Waals surface area contributed by atoms with Crippen LogP contribution in [0.25, 0.3) is 11.0 Å². The van der Waals surface area contributed by atoms with Gasteiger partial charge in [-0.3, -0.25) is 4.79 Å². The lowest BCUT2D eigenvalue weighted by atomic mass is 10.1. The number of sulfonamides is 1. The highest BCUT2D eigenvalue weighted by Gasteiger charge is 2.23. The van der Waals surface area contributed by atoms with E-state index in [9.17, 15) is 13.2 Å². The van der Waals surface area contributed by atoms with E-state index in [4.69, 9.17) is 5.14 Å². The lowest BCUT2D eigenvalue weighted by Gasteiger charge is -2.26. The van der Waals surface area contributed by atoms with Crippen molar-refractivity contribution in [1.82, 2.24) is 19.7 Å². The second kappa shape index (κ2) is 7.57. The van der Waals surface area contributed by atoms with Gasteiger partial charge in [0.05, 0.1) is 28.4 Å². The molecule has 29 heavy (non-hydrogen) atoms. The van der Waals surface area contributed by atoms with Crippen LogP contribution in [-0.4, -0.2) is 41.0 Å². The van der Waals surface area contributed by atoms with Crippen LogP contribution >= 0.6 is 0 Å². The first-order chi connectivity index (χ1) is 13.5. The summed E-state index contributed by atoms with van der Waals surface area (Å²) in [5.41, 5.74) is 2.70. The Morgan fingerprint density at radius 3 is 2.34 bits per heavy atom. The zero-order valence-corrected chi connectivity index (χ0v) is 17.9. The van der Waals surface area contributed by atoms with Crippen molar-refractivity contribution in [3.8, 4) is 0 Å². The van der Waals surface area contributed by atoms with Crippen molar-refractivity contribution in [2.75, 3.05) is 7.05 Å². The third-order valence-corrected chi connectivity index (χ3v) is 6.00. The molecule has 1 atom stereocenters. The first-order valence-corrected chi connectivity index (χ1v) is 10.8. The Bertz CT molecular complexity index is 1170. The van der Waals surface area contributed by atoms with Gasteiger partial charge in [0.1, 0.15) is 0 Å². The molecule has 0 fully saturated rings. The van der Waals surface area contributed by atoms with Gasteiger partial charge in [-0.1, -0.05) is 12.1 Å². The van der Waals surface area contributed by atoms with E-state index in [1.54, 1.807) is 30.3 Å². The van der Waals surface area contributed by atoms with Gasteiger partial charge in [-0.25, -0.2) is 23.2 Å². The molecule has 0 spiro atoms. The average molecular weight is 416 g/mol. The van der Waals surface area contributed by atoms with E-state index in [2.05, 4.69) is 10.1 Å². The van der Waals surface area contributed by atoms with Crippen molar-refractivity contribution < 1.29 is 13.2 Å². The van der Waals surface area contributed by atoms with E-state index in [0.717, 1.165) is 16.6 Å². The van der Waals surface area contributed by atoms with E-state index < -0.39 is 10.0 Å². The van der Waals surface area contributed by atoms with E-state index >= 15 is 0 Å². The molecule has 0 aliphatic carbocycles. The molecule has 0 aliphatic rings. The molecular weight excluding hydrogens is 390 g/mol. The molecule has 8 nitrogen and oxygen atoms in total. The SMILES string of the molecule is Cc1nc2c(cnn2C(C)C)cc1C(=O)N(C)C(C)c1ccc(S(N)(=O)=O)cc1. The van der Waals surface area contributed by atoms with Crippen LogP contribution in [0.3, 0.4) is 0 Å². The fourth-order valence-electron chi connectivity index (χ4n) is 3.19. The van der Waals surface area contributed by atoms with Crippen LogP contribution in [0.15, 0.2) is 41.4 Å². The molecule has 2 aromatic heterocycles. The fourth-order valence-corrected chi connectivity index (χ4v) is 3.70. The Kier molecular flexibility index (Phi) is 5.46. The molecule has 1 aromatic carbocycles. The van der Waals surface area contributed by atoms with Crippen molar-refractivity contribution in [3.05, 3.63) is 53.3 Å². The highest BCUT2D eigenvalue weighted by Crippen LogP contribution is 2.25. The fraction of sp³-hybridized carbons (Fsp3) is 0.350. The predicted octanol–water partition coefficient (Wildman–Crippen LogP) is 2.80. The van der Waals surface area contributed by atoms with Crippen LogP contribution in [0.2, 0.25) is 0 Å². The summed E-state index contributed by atoms with van der Waals surface area (Å²) < 4.78 is 24.7. The van der Waals surface area contributed by atoms with Crippen molar-refractivity contribution in [2.45, 2.75) is 44.7 Å². The number of nitrogens with zero attached hydrogens (tertiary/aromatic N) is 4. The summed E-state index contributed by atoms with van der Waals surface area (Å²) in [6.45, 7) is 7.74. The monoisotopic (exact) mass is 415 g/mol. The molecule has 0 saturated carbocycles. The molecule has 154 valence electrons. The number of carbonyl (C=O) groups is 1. The largest absolute Gasteiger partial charge is 0.335 e. The van der Waals surface area contributed by atoms with E-state index in [-0.39, 0.29) is 22.9 Å². The molecule has 0 radical (unpaired) electrons. The lowest BCUT2D eigenvalue weighted by Crippen LogP contribution is -2.30. The molecule has 0 saturated heterocycles. The Morgan fingerprint density at radius 1 is 1.17 bits per heavy atom. The van der Waals surface area contributed by atoms with Gasteiger partial charge in [0.15, 0.2) is 5.65 Å². The highest BCUT2D eigenvalue weighted by molar-refractivity contribution is 7.89. The zero-order chi connectivity index (χ0) is 21.5. The third kappa shape index (κ3) is 4.01. The van der Waals surface area contributed by atoms with E-state index in [1.807, 2.05) is 38.4 Å². The zero-order valence-electron chi connectivity index (χ0n) is 17.1. The van der Waals surface area contributed by atoms with Gasteiger partial charge >= 0.3 is 0 Å². The van der Waals surface area contributed by atoms with Crippen LogP contribution in [-0.2, 0) is 10.0 Å². The number of amides is 1. The van der Waals surface area contributed by atoms with Gasteiger partial charge in [0.2, 0.25) is 10.0 Å². The Morgan fingerprint density at radius 2 is 1.79 bits per heavy atom. The maximum Gasteiger partial charge on any atom is 0.255 e. The minimum absolute atomic E-state index is 0.0371. The molecule has 2 heterocycles. The van der Waals surface area contributed by atoms with Crippen LogP contribution < -0.4 is 5.14 Å². The Labute approximate surface area is 170 Å². The van der Waals surface area contributed by atoms with Crippen molar-refractivity contribution in [2.24, 2.45) is 5.14 Å². The summed E-state index contributed by atoms with van der Waals surface area (Å²) in [5, 5.41) is 10.3. The van der Waals surface area contributed by atoms with Crippen LogP contribution in [0.1, 0.15) is 54.5 Å². The van der Waals surface area contributed by atoms with Gasteiger partial charge in [0, 0.05) is 18.5 Å². The second-order valence-corrected chi connectivity index (χ2v) is 8.98. The van der Waals surface area contributed by atoms with Gasteiger partial charge in [0.25, 0.3) is 5.91 Å². The summed E-state index contributed by atoms with van der Waals surface area (Å²) in [4.78, 5) is 19.4. The molecule has 0 bridgehead atoms. The molecule has 0 aliphatic heterocycles. The predicted molar refractivity (Wildman–Crippen MR) is 111 cm³/mol. The number of benzene rings is 1. The van der Waals surface area contributed by atoms with E-state index in [1.165, 1.54) is 12.1 Å². The quantitative estimate of drug-likeness (QED) is 0.689. The number of primary sulfonamides is 1. The standard InChI is InChI=1S/C20H25N5O3S/c1-12(2)25-19-16(11-22-25)10-18(13(3)23-19)20(26)24(5)14(4)15-6-8-17(9-7-15)29(21,27)28/h6-12,14H,1-5H3,(H2,21,27,28). The maximum absolute atomic E-state index is 13.1. The minimum atomic E-state index is -3.75. The number of carbonyl (C=O) groups excluding carboxylic acids is 1. The summed E-state index contributed by atoms with van der Waals surface area (Å²) in [7, 11) is -2.04. The van der Waals surface area contributed by atoms with E-state index in [0.29, 0.717) is 11.3 Å². The average Bonchev–Trinajstić information content (AvgIpc) is 3.08. The van der Waals surface area contributed by atoms with Crippen LogP contribution in [0.4, 0.5) is 0 Å². The molecule has 1 amide bonds. The van der Waals surface area contributed by atoms with Gasteiger partial charge in [-0.15, -0.1) is 0 Å². The highest BCUT2D eigenvalue weighted by atomic mass is 32.2. The summed E-state index contributed by atoms with van der Waals surface area (Å²) in [6, 6.07) is 7.93. The molecule has 2 N–H and O–H groups in total. The second-order valence-electron chi connectivity index (χ2n) is 7.42. The van der Waals surface area contributed by atoms with Crippen LogP contribution in [0, 0.1) is 6.92 Å². The molecule has 3 aromatic rings. The topological polar surface area (TPSA) is 111 Å². The summed E-state index contributed by atoms with van der Waals surface area (Å²) >= 11 is 0. The molecule has 1 unspecified atom stereocenters. The maximum atomic E-state index is 13.1. The van der Waals surface area contributed by atoms with Crippen molar-refractivity contribution >= 4 is 27.0 Å². The summed E-state index contributed by atoms with van der Waals surface area (Å²) in [5.74, 6) is -0.169. The minimum Gasteiger partial charge on any atom is -0.335 e. The number of nitrogens with two attached hydrogens (primary N) is 1. The third-order valence-electron chi connectivity index (χ3n) is 5.07. The van der Waals surface area contributed by atoms with Crippen LogP contribution in [0.5, 0.6) is 0 Å². The number of pyridine rings is 1. The molecular formula is C20H25N5O3S. The number of rotatable bonds is 5. The first kappa shape index (κ1) is 20.9. The number of aryl methyl sites for hydroxylation is 1. The number of aromatic nitrogens is 3. The smallest absolute Gasteiger partial charge is 0.255 e. The van der Waals surface area contributed by atoms with Gasteiger partial charge in [-0.2, -0.15) is 5.10 Å². The number of hydrogen-bond acceptors (Lipinski definition) is 5. The van der Waals surface area contributed by atoms with Gasteiger partial charge < -0.3 is 4.90 Å². The Hall–Kier alpha value is -2.78. The molecule has 3 rings (SSSR count). The van der Waals surface area contributed by atoms with Gasteiger partial charge in [-0.05, 0) is 51.5 Å². The summed E-state index contributed by atoms with van der Waals surface area (Å²) in [6.07, 6.45) is 1.72. The number of fused-ring (bicyclic) bond motifs is 1. The first-order valence-electron chi connectivity index (χ1n) is 9.25. The Balaban J connectivity index is 1.90. The van der Waals surface area contributed by atoms with Crippen molar-refractivity contribution in [3.63, 3.8) is 0 Å². The number of hydrogen-bond donors (Lipinski definition) is 1. The van der Waals surface area contributed by atoms with Crippen molar-refractivity contribution in [1.29, 1.82) is 0 Å².